The van der Waals surface area contributed by atoms with Gasteiger partial charge in [-0.05, 0) is 43.5 Å². The molecule has 0 radical (unpaired) electrons. The molecule has 122 valence electrons. The summed E-state index contributed by atoms with van der Waals surface area (Å²) in [7, 11) is 0. The predicted molar refractivity (Wildman–Crippen MR) is 98.9 cm³/mol. The molecule has 0 atom stereocenters. The number of nitrogens with one attached hydrogen (secondary N) is 1. The summed E-state index contributed by atoms with van der Waals surface area (Å²) >= 11 is 0. The van der Waals surface area contributed by atoms with Crippen molar-refractivity contribution in [2.24, 2.45) is 0 Å². The van der Waals surface area contributed by atoms with Crippen LogP contribution in [0.3, 0.4) is 0 Å². The first-order chi connectivity index (χ1) is 11.6. The fourth-order valence-corrected chi connectivity index (χ4v) is 3.06. The SMILES string of the molecule is Cc1nc2ccccc2c(-c2ccccc2)c1CC(=O)NC(C)C. The van der Waals surface area contributed by atoms with Crippen LogP contribution in [0.15, 0.2) is 54.6 Å². The van der Waals surface area contributed by atoms with Gasteiger partial charge in [0.15, 0.2) is 0 Å². The van der Waals surface area contributed by atoms with E-state index in [4.69, 9.17) is 4.98 Å². The van der Waals surface area contributed by atoms with Gasteiger partial charge in [-0.3, -0.25) is 9.78 Å². The van der Waals surface area contributed by atoms with Gasteiger partial charge in [0.1, 0.15) is 0 Å². The van der Waals surface area contributed by atoms with Crippen LogP contribution in [0.25, 0.3) is 22.0 Å². The Morgan fingerprint density at radius 1 is 1.04 bits per heavy atom. The van der Waals surface area contributed by atoms with E-state index < -0.39 is 0 Å². The topological polar surface area (TPSA) is 42.0 Å². The van der Waals surface area contributed by atoms with Crippen LogP contribution in [0.2, 0.25) is 0 Å². The van der Waals surface area contributed by atoms with Crippen molar-refractivity contribution in [3.63, 3.8) is 0 Å². The highest BCUT2D eigenvalue weighted by Gasteiger charge is 2.17. The lowest BCUT2D eigenvalue weighted by molar-refractivity contribution is -0.120. The van der Waals surface area contributed by atoms with Crippen molar-refractivity contribution in [2.45, 2.75) is 33.2 Å². The molecule has 0 unspecified atom stereocenters. The number of aromatic nitrogens is 1. The largest absolute Gasteiger partial charge is 0.354 e. The number of amides is 1. The van der Waals surface area contributed by atoms with E-state index in [1.54, 1.807) is 0 Å². The molecule has 3 heteroatoms. The van der Waals surface area contributed by atoms with Gasteiger partial charge in [-0.15, -0.1) is 0 Å². The maximum atomic E-state index is 12.4. The monoisotopic (exact) mass is 318 g/mol. The van der Waals surface area contributed by atoms with Crippen molar-refractivity contribution in [1.29, 1.82) is 0 Å². The molecule has 0 bridgehead atoms. The fraction of sp³-hybridized carbons (Fsp3) is 0.238. The number of carbonyl (C=O) groups excluding carboxylic acids is 1. The maximum Gasteiger partial charge on any atom is 0.224 e. The van der Waals surface area contributed by atoms with Crippen LogP contribution in [0.4, 0.5) is 0 Å². The van der Waals surface area contributed by atoms with Crippen LogP contribution in [0.1, 0.15) is 25.1 Å². The smallest absolute Gasteiger partial charge is 0.224 e. The number of rotatable bonds is 4. The van der Waals surface area contributed by atoms with E-state index in [2.05, 4.69) is 23.5 Å². The third kappa shape index (κ3) is 3.30. The highest BCUT2D eigenvalue weighted by Crippen LogP contribution is 2.33. The van der Waals surface area contributed by atoms with E-state index >= 15 is 0 Å². The minimum absolute atomic E-state index is 0.0300. The Balaban J connectivity index is 2.20. The Morgan fingerprint density at radius 3 is 2.42 bits per heavy atom. The van der Waals surface area contributed by atoms with Crippen molar-refractivity contribution in [2.75, 3.05) is 0 Å². The van der Waals surface area contributed by atoms with E-state index in [1.165, 1.54) is 0 Å². The minimum atomic E-state index is 0.0300. The molecule has 3 rings (SSSR count). The molecule has 0 aliphatic carbocycles. The van der Waals surface area contributed by atoms with E-state index in [0.29, 0.717) is 6.42 Å². The Hall–Kier alpha value is -2.68. The summed E-state index contributed by atoms with van der Waals surface area (Å²) in [6.45, 7) is 5.93. The molecule has 0 fully saturated rings. The van der Waals surface area contributed by atoms with Gasteiger partial charge in [-0.2, -0.15) is 0 Å². The molecule has 0 spiro atoms. The maximum absolute atomic E-state index is 12.4. The summed E-state index contributed by atoms with van der Waals surface area (Å²) in [6, 6.07) is 18.5. The minimum Gasteiger partial charge on any atom is -0.354 e. The molecular weight excluding hydrogens is 296 g/mol. The van der Waals surface area contributed by atoms with Crippen molar-refractivity contribution < 1.29 is 4.79 Å². The number of pyridine rings is 1. The number of nitrogens with zero attached hydrogens (tertiary/aromatic N) is 1. The molecule has 2 aromatic carbocycles. The number of benzene rings is 2. The van der Waals surface area contributed by atoms with Crippen molar-refractivity contribution in [3.8, 4) is 11.1 Å². The van der Waals surface area contributed by atoms with Gasteiger partial charge >= 0.3 is 0 Å². The zero-order valence-corrected chi connectivity index (χ0v) is 14.3. The molecule has 24 heavy (non-hydrogen) atoms. The zero-order chi connectivity index (χ0) is 17.1. The first-order valence-corrected chi connectivity index (χ1v) is 8.29. The van der Waals surface area contributed by atoms with Crippen LogP contribution in [0, 0.1) is 6.92 Å². The normalized spacial score (nSPS) is 11.0. The summed E-state index contributed by atoms with van der Waals surface area (Å²) in [6.07, 6.45) is 0.339. The molecule has 1 aromatic heterocycles. The lowest BCUT2D eigenvalue weighted by Gasteiger charge is -2.16. The van der Waals surface area contributed by atoms with Gasteiger partial charge in [0.2, 0.25) is 5.91 Å². The number of fused-ring (bicyclic) bond motifs is 1. The Bertz CT molecular complexity index is 870. The van der Waals surface area contributed by atoms with Crippen LogP contribution in [0.5, 0.6) is 0 Å². The van der Waals surface area contributed by atoms with Gasteiger partial charge in [-0.1, -0.05) is 48.5 Å². The first kappa shape index (κ1) is 16.2. The number of carbonyl (C=O) groups is 1. The molecular formula is C21H22N2O. The van der Waals surface area contributed by atoms with E-state index in [9.17, 15) is 4.79 Å². The second-order valence-electron chi connectivity index (χ2n) is 6.33. The molecule has 0 aliphatic heterocycles. The van der Waals surface area contributed by atoms with Crippen molar-refractivity contribution in [1.82, 2.24) is 10.3 Å². The summed E-state index contributed by atoms with van der Waals surface area (Å²) in [5.41, 5.74) is 5.09. The number of hydrogen-bond acceptors (Lipinski definition) is 2. The molecule has 0 aliphatic rings. The molecule has 1 heterocycles. The summed E-state index contributed by atoms with van der Waals surface area (Å²) in [4.78, 5) is 17.1. The van der Waals surface area contributed by atoms with E-state index in [0.717, 1.165) is 33.3 Å². The van der Waals surface area contributed by atoms with Crippen molar-refractivity contribution in [3.05, 3.63) is 65.9 Å². The molecule has 0 saturated heterocycles. The zero-order valence-electron chi connectivity index (χ0n) is 14.3. The Labute approximate surface area is 142 Å². The molecule has 1 amide bonds. The third-order valence-corrected chi connectivity index (χ3v) is 4.05. The quantitative estimate of drug-likeness (QED) is 0.780. The first-order valence-electron chi connectivity index (χ1n) is 8.29. The highest BCUT2D eigenvalue weighted by molar-refractivity contribution is 5.98. The van der Waals surface area contributed by atoms with E-state index in [1.807, 2.05) is 57.2 Å². The lowest BCUT2D eigenvalue weighted by Crippen LogP contribution is -2.31. The van der Waals surface area contributed by atoms with E-state index in [-0.39, 0.29) is 11.9 Å². The number of hydrogen-bond donors (Lipinski definition) is 1. The van der Waals surface area contributed by atoms with Gasteiger partial charge in [-0.25, -0.2) is 0 Å². The van der Waals surface area contributed by atoms with Gasteiger partial charge in [0, 0.05) is 17.1 Å². The predicted octanol–water partition coefficient (Wildman–Crippen LogP) is 4.28. The number of para-hydroxylation sites is 1. The summed E-state index contributed by atoms with van der Waals surface area (Å²) in [5, 5.41) is 4.06. The average Bonchev–Trinajstić information content (AvgIpc) is 2.55. The van der Waals surface area contributed by atoms with Crippen LogP contribution < -0.4 is 5.32 Å². The summed E-state index contributed by atoms with van der Waals surface area (Å²) in [5.74, 6) is 0.0300. The molecule has 3 aromatic rings. The van der Waals surface area contributed by atoms with Gasteiger partial charge in [0.05, 0.1) is 11.9 Å². The second-order valence-corrected chi connectivity index (χ2v) is 6.33. The molecule has 3 nitrogen and oxygen atoms in total. The second kappa shape index (κ2) is 6.83. The summed E-state index contributed by atoms with van der Waals surface area (Å²) < 4.78 is 0. The van der Waals surface area contributed by atoms with Crippen LogP contribution in [-0.2, 0) is 11.2 Å². The van der Waals surface area contributed by atoms with Crippen LogP contribution >= 0.6 is 0 Å². The van der Waals surface area contributed by atoms with Crippen molar-refractivity contribution >= 4 is 16.8 Å². The lowest BCUT2D eigenvalue weighted by atomic mass is 9.92. The molecule has 0 saturated carbocycles. The Kier molecular flexibility index (Phi) is 4.61. The van der Waals surface area contributed by atoms with Gasteiger partial charge < -0.3 is 5.32 Å². The third-order valence-electron chi connectivity index (χ3n) is 4.05. The fourth-order valence-electron chi connectivity index (χ4n) is 3.06. The van der Waals surface area contributed by atoms with Gasteiger partial charge in [0.25, 0.3) is 0 Å². The Morgan fingerprint density at radius 2 is 1.71 bits per heavy atom. The highest BCUT2D eigenvalue weighted by atomic mass is 16.1. The number of aryl methyl sites for hydroxylation is 1. The molecule has 1 N–H and O–H groups in total. The van der Waals surface area contributed by atoms with Crippen LogP contribution in [-0.4, -0.2) is 16.9 Å². The average molecular weight is 318 g/mol. The standard InChI is InChI=1S/C21H22N2O/c1-14(2)22-20(24)13-18-15(3)23-19-12-8-7-11-17(19)21(18)16-9-5-4-6-10-16/h4-12,14H,13H2,1-3H3,(H,22,24).